The van der Waals surface area contributed by atoms with Crippen molar-refractivity contribution in [3.63, 3.8) is 0 Å². The molecule has 1 N–H and O–H groups in total. The van der Waals surface area contributed by atoms with E-state index in [0.29, 0.717) is 5.89 Å². The minimum Gasteiger partial charge on any atom is -0.475 e. The molecular weight excluding hydrogens is 204 g/mol. The first-order valence-electron chi connectivity index (χ1n) is 3.78. The minimum absolute atomic E-state index is 0.159. The van der Waals surface area contributed by atoms with Crippen molar-refractivity contribution >= 4 is 17.3 Å². The third-order valence-electron chi connectivity index (χ3n) is 1.66. The van der Waals surface area contributed by atoms with E-state index in [-0.39, 0.29) is 5.76 Å². The molecule has 5 nitrogen and oxygen atoms in total. The van der Waals surface area contributed by atoms with E-state index in [1.54, 1.807) is 5.51 Å². The van der Waals surface area contributed by atoms with E-state index in [9.17, 15) is 4.79 Å². The molecule has 0 unspecified atom stereocenters. The lowest BCUT2D eigenvalue weighted by Gasteiger charge is -1.89. The number of aromatic carboxylic acids is 1. The van der Waals surface area contributed by atoms with Gasteiger partial charge in [0.05, 0.1) is 17.4 Å². The first kappa shape index (κ1) is 8.89. The van der Waals surface area contributed by atoms with E-state index in [4.69, 9.17) is 9.52 Å². The van der Waals surface area contributed by atoms with Crippen LogP contribution in [0.4, 0.5) is 0 Å². The lowest BCUT2D eigenvalue weighted by molar-refractivity contribution is 0.0663. The summed E-state index contributed by atoms with van der Waals surface area (Å²) in [6.45, 7) is 1.82. The van der Waals surface area contributed by atoms with Crippen molar-refractivity contribution < 1.29 is 14.3 Å². The van der Waals surface area contributed by atoms with Gasteiger partial charge in [0.15, 0.2) is 0 Å². The molecule has 0 radical (unpaired) electrons. The number of oxazole rings is 1. The fraction of sp³-hybridized carbons (Fsp3) is 0.125. The second kappa shape index (κ2) is 3.22. The number of hydrogen-bond acceptors (Lipinski definition) is 5. The summed E-state index contributed by atoms with van der Waals surface area (Å²) in [5, 5.41) is 8.62. The number of nitrogens with zero attached hydrogens (tertiary/aromatic N) is 2. The number of carboxylic acid groups (broad SMARTS) is 1. The molecule has 2 aromatic heterocycles. The van der Waals surface area contributed by atoms with Gasteiger partial charge in [-0.2, -0.15) is 0 Å². The predicted molar refractivity (Wildman–Crippen MR) is 49.3 cm³/mol. The van der Waals surface area contributed by atoms with Crippen LogP contribution in [-0.4, -0.2) is 21.0 Å². The molecule has 0 aliphatic carbocycles. The highest BCUT2D eigenvalue weighted by molar-refractivity contribution is 7.13. The highest BCUT2D eigenvalue weighted by Crippen LogP contribution is 2.26. The summed E-state index contributed by atoms with van der Waals surface area (Å²) >= 11 is 1.37. The Morgan fingerprint density at radius 2 is 2.36 bits per heavy atom. The Bertz CT molecular complexity index is 474. The maximum atomic E-state index is 10.5. The number of rotatable bonds is 2. The fourth-order valence-electron chi connectivity index (χ4n) is 0.985. The zero-order valence-corrected chi connectivity index (χ0v) is 8.04. The van der Waals surface area contributed by atoms with Crippen molar-refractivity contribution in [3.8, 4) is 10.8 Å². The van der Waals surface area contributed by atoms with Gasteiger partial charge in [0.25, 0.3) is 0 Å². The summed E-state index contributed by atoms with van der Waals surface area (Å²) in [4.78, 5) is 19.2. The molecule has 0 aliphatic rings. The summed E-state index contributed by atoms with van der Waals surface area (Å²) in [6, 6.07) is 0. The highest BCUT2D eigenvalue weighted by Gasteiger charge is 2.14. The third kappa shape index (κ3) is 1.39. The van der Waals surface area contributed by atoms with E-state index in [1.165, 1.54) is 17.5 Å². The number of carbonyl (C=O) groups is 1. The van der Waals surface area contributed by atoms with Crippen molar-refractivity contribution in [1.82, 2.24) is 9.97 Å². The molecule has 0 saturated carbocycles. The lowest BCUT2D eigenvalue weighted by Crippen LogP contribution is -1.91. The van der Waals surface area contributed by atoms with Gasteiger partial charge in [0.2, 0.25) is 11.7 Å². The van der Waals surface area contributed by atoms with Crippen LogP contribution in [0.15, 0.2) is 16.1 Å². The SMILES string of the molecule is Cc1ncsc1-c1ncc(C(=O)O)o1. The Hall–Kier alpha value is -1.69. The Kier molecular flexibility index (Phi) is 2.05. The van der Waals surface area contributed by atoms with Gasteiger partial charge < -0.3 is 9.52 Å². The molecule has 14 heavy (non-hydrogen) atoms. The predicted octanol–water partition coefficient (Wildman–Crippen LogP) is 1.80. The van der Waals surface area contributed by atoms with E-state index >= 15 is 0 Å². The highest BCUT2D eigenvalue weighted by atomic mass is 32.1. The van der Waals surface area contributed by atoms with E-state index < -0.39 is 5.97 Å². The Labute approximate surface area is 83.0 Å². The van der Waals surface area contributed by atoms with Crippen LogP contribution < -0.4 is 0 Å². The molecule has 0 bridgehead atoms. The van der Waals surface area contributed by atoms with Crippen LogP contribution in [0.3, 0.4) is 0 Å². The standard InChI is InChI=1S/C8H6N2O3S/c1-4-6(14-3-10-4)7-9-2-5(13-7)8(11)12/h2-3H,1H3,(H,11,12). The Morgan fingerprint density at radius 3 is 2.86 bits per heavy atom. The second-order valence-corrected chi connectivity index (χ2v) is 3.46. The number of carboxylic acids is 1. The van der Waals surface area contributed by atoms with Gasteiger partial charge in [-0.25, -0.2) is 14.8 Å². The topological polar surface area (TPSA) is 76.2 Å². The van der Waals surface area contributed by atoms with Crippen LogP contribution in [0.1, 0.15) is 16.2 Å². The fourth-order valence-corrected chi connectivity index (χ4v) is 1.72. The maximum Gasteiger partial charge on any atom is 0.373 e. The summed E-state index contributed by atoms with van der Waals surface area (Å²) in [6.07, 6.45) is 1.19. The van der Waals surface area contributed by atoms with E-state index in [0.717, 1.165) is 10.6 Å². The van der Waals surface area contributed by atoms with Crippen molar-refractivity contribution in [2.75, 3.05) is 0 Å². The number of hydrogen-bond donors (Lipinski definition) is 1. The van der Waals surface area contributed by atoms with Gasteiger partial charge in [-0.05, 0) is 6.92 Å². The lowest BCUT2D eigenvalue weighted by atomic mass is 10.4. The van der Waals surface area contributed by atoms with Gasteiger partial charge in [0, 0.05) is 0 Å². The summed E-state index contributed by atoms with van der Waals surface area (Å²) in [7, 11) is 0. The smallest absolute Gasteiger partial charge is 0.373 e. The molecule has 2 rings (SSSR count). The second-order valence-electron chi connectivity index (χ2n) is 2.60. The molecule has 0 spiro atoms. The van der Waals surface area contributed by atoms with Gasteiger partial charge in [-0.15, -0.1) is 11.3 Å². The molecule has 2 aromatic rings. The van der Waals surface area contributed by atoms with Gasteiger partial charge in [-0.1, -0.05) is 0 Å². The van der Waals surface area contributed by atoms with Crippen LogP contribution in [0.5, 0.6) is 0 Å². The normalized spacial score (nSPS) is 10.4. The van der Waals surface area contributed by atoms with Crippen LogP contribution in [0.25, 0.3) is 10.8 Å². The summed E-state index contributed by atoms with van der Waals surface area (Å²) in [5.41, 5.74) is 2.45. The Morgan fingerprint density at radius 1 is 1.57 bits per heavy atom. The molecule has 0 fully saturated rings. The number of aryl methyl sites for hydroxylation is 1. The van der Waals surface area contributed by atoms with E-state index in [1.807, 2.05) is 6.92 Å². The molecule has 0 amide bonds. The van der Waals surface area contributed by atoms with Crippen molar-refractivity contribution in [2.45, 2.75) is 6.92 Å². The Balaban J connectivity index is 2.43. The summed E-state index contributed by atoms with van der Waals surface area (Å²) < 4.78 is 5.03. The summed E-state index contributed by atoms with van der Waals surface area (Å²) in [5.74, 6) is -0.971. The first-order chi connectivity index (χ1) is 6.68. The van der Waals surface area contributed by atoms with Crippen molar-refractivity contribution in [1.29, 1.82) is 0 Å². The average Bonchev–Trinajstić information content (AvgIpc) is 2.71. The zero-order chi connectivity index (χ0) is 10.1. The first-order valence-corrected chi connectivity index (χ1v) is 4.66. The molecule has 0 atom stereocenters. The van der Waals surface area contributed by atoms with Crippen LogP contribution in [0.2, 0.25) is 0 Å². The largest absolute Gasteiger partial charge is 0.475 e. The van der Waals surface area contributed by atoms with Crippen molar-refractivity contribution in [2.24, 2.45) is 0 Å². The van der Waals surface area contributed by atoms with Gasteiger partial charge >= 0.3 is 5.97 Å². The molecule has 2 heterocycles. The quantitative estimate of drug-likeness (QED) is 0.817. The number of aromatic nitrogens is 2. The maximum absolute atomic E-state index is 10.5. The van der Waals surface area contributed by atoms with Crippen LogP contribution in [0, 0.1) is 6.92 Å². The number of thiazole rings is 1. The van der Waals surface area contributed by atoms with E-state index in [2.05, 4.69) is 9.97 Å². The molecule has 6 heteroatoms. The minimum atomic E-state index is -1.12. The molecule has 0 saturated heterocycles. The molecule has 0 aliphatic heterocycles. The van der Waals surface area contributed by atoms with Crippen molar-refractivity contribution in [3.05, 3.63) is 23.2 Å². The van der Waals surface area contributed by atoms with Gasteiger partial charge in [-0.3, -0.25) is 0 Å². The van der Waals surface area contributed by atoms with Gasteiger partial charge in [0.1, 0.15) is 4.88 Å². The average molecular weight is 210 g/mol. The molecule has 72 valence electrons. The third-order valence-corrected chi connectivity index (χ3v) is 2.57. The molecule has 0 aromatic carbocycles. The molecular formula is C8H6N2O3S. The zero-order valence-electron chi connectivity index (χ0n) is 7.22. The monoisotopic (exact) mass is 210 g/mol. The van der Waals surface area contributed by atoms with Crippen LogP contribution >= 0.6 is 11.3 Å². The van der Waals surface area contributed by atoms with Crippen LogP contribution in [-0.2, 0) is 0 Å².